The predicted octanol–water partition coefficient (Wildman–Crippen LogP) is 1.90. The van der Waals surface area contributed by atoms with Crippen LogP contribution in [0, 0.1) is 28.6 Å². The van der Waals surface area contributed by atoms with Crippen molar-refractivity contribution >= 4 is 11.6 Å². The van der Waals surface area contributed by atoms with E-state index in [4.69, 9.17) is 0 Å². The molecule has 0 unspecified atom stereocenters. The summed E-state index contributed by atoms with van der Waals surface area (Å²) in [5.74, 6) is -2.12. The Bertz CT molecular complexity index is 805. The van der Waals surface area contributed by atoms with E-state index in [0.717, 1.165) is 0 Å². The molecule has 0 aliphatic heterocycles. The average molecular weight is 392 g/mol. The molecule has 3 N–H and O–H groups in total. The fourth-order valence-electron chi connectivity index (χ4n) is 7.26. The van der Waals surface area contributed by atoms with Gasteiger partial charge in [-0.3, -0.25) is 9.59 Å². The minimum absolute atomic E-state index is 0.0676. The summed E-state index contributed by atoms with van der Waals surface area (Å²) in [6.07, 6.45) is 4.44. The van der Waals surface area contributed by atoms with E-state index >= 15 is 4.39 Å². The molecule has 0 aromatic rings. The van der Waals surface area contributed by atoms with E-state index in [1.165, 1.54) is 12.2 Å². The Morgan fingerprint density at radius 2 is 2.00 bits per heavy atom. The maximum absolute atomic E-state index is 16.9. The van der Waals surface area contributed by atoms with Gasteiger partial charge in [-0.05, 0) is 56.6 Å². The Balaban J connectivity index is 1.84. The molecule has 4 rings (SSSR count). The molecule has 4 aliphatic rings. The van der Waals surface area contributed by atoms with Gasteiger partial charge in [-0.2, -0.15) is 0 Å². The van der Waals surface area contributed by atoms with Crippen LogP contribution < -0.4 is 0 Å². The van der Waals surface area contributed by atoms with Crippen molar-refractivity contribution in [1.82, 2.24) is 0 Å². The highest BCUT2D eigenvalue weighted by atomic mass is 19.1. The van der Waals surface area contributed by atoms with Gasteiger partial charge in [-0.25, -0.2) is 4.39 Å². The highest BCUT2D eigenvalue weighted by molar-refractivity contribution is 6.01. The van der Waals surface area contributed by atoms with Gasteiger partial charge in [0.15, 0.2) is 17.2 Å². The van der Waals surface area contributed by atoms with E-state index in [1.54, 1.807) is 26.8 Å². The number of aliphatic hydroxyl groups excluding tert-OH is 2. The molecule has 0 amide bonds. The first kappa shape index (κ1) is 19.9. The lowest BCUT2D eigenvalue weighted by Crippen LogP contribution is -2.69. The van der Waals surface area contributed by atoms with Gasteiger partial charge in [0.2, 0.25) is 0 Å². The maximum atomic E-state index is 16.9. The van der Waals surface area contributed by atoms with Crippen LogP contribution in [0.1, 0.15) is 46.5 Å². The quantitative estimate of drug-likeness (QED) is 0.667. The largest absolute Gasteiger partial charge is 0.390 e. The molecule has 0 aromatic heterocycles. The minimum atomic E-state index is -1.98. The summed E-state index contributed by atoms with van der Waals surface area (Å²) in [4.78, 5) is 24.4. The van der Waals surface area contributed by atoms with Crippen molar-refractivity contribution in [3.63, 3.8) is 0 Å². The second-order valence-corrected chi connectivity index (χ2v) is 9.75. The summed E-state index contributed by atoms with van der Waals surface area (Å²) < 4.78 is 16.9. The summed E-state index contributed by atoms with van der Waals surface area (Å²) in [5.41, 5.74) is -5.17. The van der Waals surface area contributed by atoms with Crippen molar-refractivity contribution in [3.05, 3.63) is 23.8 Å². The minimum Gasteiger partial charge on any atom is -0.390 e. The van der Waals surface area contributed by atoms with Crippen LogP contribution in [0.4, 0.5) is 4.39 Å². The molecule has 0 saturated heterocycles. The Labute approximate surface area is 164 Å². The van der Waals surface area contributed by atoms with Gasteiger partial charge in [-0.15, -0.1) is 0 Å². The number of halogens is 1. The first-order valence-corrected chi connectivity index (χ1v) is 10.1. The Morgan fingerprint density at radius 1 is 1.32 bits per heavy atom. The van der Waals surface area contributed by atoms with Gasteiger partial charge in [-0.1, -0.05) is 25.5 Å². The van der Waals surface area contributed by atoms with E-state index in [9.17, 15) is 24.9 Å². The summed E-state index contributed by atoms with van der Waals surface area (Å²) in [6, 6.07) is 0. The van der Waals surface area contributed by atoms with Crippen LogP contribution in [0.2, 0.25) is 0 Å². The van der Waals surface area contributed by atoms with Crippen molar-refractivity contribution in [2.24, 2.45) is 28.6 Å². The SMILES string of the molecule is C[C@@H]1C[C@H]2[C@@H]3CCC4=CC(=O)C=C[C@@]4(C)[C@]3(F)[C@@H](O)C[C@]2(C)[C@]1(O)C(=O)CO. The molecule has 28 heavy (non-hydrogen) atoms. The number of Topliss-reactive ketones (excluding diaryl/α,β-unsaturated/α-hetero) is 1. The molecule has 3 fully saturated rings. The van der Waals surface area contributed by atoms with E-state index in [0.29, 0.717) is 24.8 Å². The lowest BCUT2D eigenvalue weighted by molar-refractivity contribution is -0.219. The number of carbonyl (C=O) groups is 2. The Kier molecular flexibility index (Phi) is 4.15. The highest BCUT2D eigenvalue weighted by Crippen LogP contribution is 2.70. The number of ketones is 2. The van der Waals surface area contributed by atoms with Gasteiger partial charge < -0.3 is 15.3 Å². The predicted molar refractivity (Wildman–Crippen MR) is 99.9 cm³/mol. The zero-order chi connectivity index (χ0) is 20.7. The first-order chi connectivity index (χ1) is 13.0. The zero-order valence-corrected chi connectivity index (χ0v) is 16.6. The third-order valence-electron chi connectivity index (χ3n) is 8.79. The van der Waals surface area contributed by atoms with Crippen LogP contribution in [0.5, 0.6) is 0 Å². The highest BCUT2D eigenvalue weighted by Gasteiger charge is 2.75. The van der Waals surface area contributed by atoms with Crippen LogP contribution in [0.25, 0.3) is 0 Å². The lowest BCUT2D eigenvalue weighted by atomic mass is 9.44. The molecule has 8 atom stereocenters. The Morgan fingerprint density at radius 3 is 2.64 bits per heavy atom. The molecule has 4 aliphatic carbocycles. The first-order valence-electron chi connectivity index (χ1n) is 10.1. The second kappa shape index (κ2) is 5.83. The summed E-state index contributed by atoms with van der Waals surface area (Å²) in [7, 11) is 0. The molecule has 5 nitrogen and oxygen atoms in total. The number of aliphatic hydroxyl groups is 3. The second-order valence-electron chi connectivity index (χ2n) is 9.75. The topological polar surface area (TPSA) is 94.8 Å². The van der Waals surface area contributed by atoms with Crippen molar-refractivity contribution in [1.29, 1.82) is 0 Å². The molecule has 0 spiro atoms. The fourth-order valence-corrected chi connectivity index (χ4v) is 7.26. The summed E-state index contributed by atoms with van der Waals surface area (Å²) >= 11 is 0. The molecular weight excluding hydrogens is 363 g/mol. The lowest BCUT2D eigenvalue weighted by Gasteiger charge is -2.62. The average Bonchev–Trinajstić information content (AvgIpc) is 2.84. The van der Waals surface area contributed by atoms with Crippen LogP contribution in [-0.4, -0.2) is 50.9 Å². The van der Waals surface area contributed by atoms with Crippen molar-refractivity contribution in [2.75, 3.05) is 6.61 Å². The monoisotopic (exact) mass is 392 g/mol. The fraction of sp³-hybridized carbons (Fsp3) is 0.727. The van der Waals surface area contributed by atoms with E-state index in [2.05, 4.69) is 0 Å². The number of hydrogen-bond donors (Lipinski definition) is 3. The molecule has 3 saturated carbocycles. The maximum Gasteiger partial charge on any atom is 0.190 e. The molecule has 154 valence electrons. The third-order valence-corrected chi connectivity index (χ3v) is 8.79. The molecule has 0 aromatic carbocycles. The number of fused-ring (bicyclic) bond motifs is 5. The normalized spacial score (nSPS) is 52.5. The zero-order valence-electron chi connectivity index (χ0n) is 16.6. The van der Waals surface area contributed by atoms with Gasteiger partial charge in [0.05, 0.1) is 6.10 Å². The number of carbonyl (C=O) groups excluding carboxylic acids is 2. The van der Waals surface area contributed by atoms with E-state index in [1.807, 2.05) is 0 Å². The molecular formula is C22H29FO5. The van der Waals surface area contributed by atoms with E-state index in [-0.39, 0.29) is 18.1 Å². The third kappa shape index (κ3) is 2.01. The smallest absolute Gasteiger partial charge is 0.190 e. The van der Waals surface area contributed by atoms with Crippen LogP contribution in [-0.2, 0) is 9.59 Å². The molecule has 0 bridgehead atoms. The van der Waals surface area contributed by atoms with Crippen LogP contribution >= 0.6 is 0 Å². The van der Waals surface area contributed by atoms with Crippen LogP contribution in [0.15, 0.2) is 23.8 Å². The molecule has 0 heterocycles. The summed E-state index contributed by atoms with van der Waals surface area (Å²) in [5, 5.41) is 32.0. The summed E-state index contributed by atoms with van der Waals surface area (Å²) in [6.45, 7) is 4.48. The van der Waals surface area contributed by atoms with Crippen molar-refractivity contribution in [2.45, 2.75) is 63.8 Å². The van der Waals surface area contributed by atoms with Gasteiger partial charge in [0.1, 0.15) is 12.2 Å². The number of hydrogen-bond acceptors (Lipinski definition) is 5. The molecule has 0 radical (unpaired) electrons. The van der Waals surface area contributed by atoms with E-state index < -0.39 is 52.4 Å². The molecule has 6 heteroatoms. The van der Waals surface area contributed by atoms with Gasteiger partial charge in [0, 0.05) is 16.7 Å². The van der Waals surface area contributed by atoms with Gasteiger partial charge >= 0.3 is 0 Å². The number of allylic oxidation sites excluding steroid dienone is 4. The van der Waals surface area contributed by atoms with Gasteiger partial charge in [0.25, 0.3) is 0 Å². The van der Waals surface area contributed by atoms with Crippen LogP contribution in [0.3, 0.4) is 0 Å². The number of alkyl halides is 1. The van der Waals surface area contributed by atoms with Crippen molar-refractivity contribution < 1.29 is 29.3 Å². The Hall–Kier alpha value is -1.37. The van der Waals surface area contributed by atoms with Crippen molar-refractivity contribution in [3.8, 4) is 0 Å². The standard InChI is InChI=1S/C22H29FO5/c1-12-8-16-15-5-4-13-9-14(25)6-7-19(13,2)21(15,23)17(26)10-20(16,3)22(12,28)18(27)11-24/h6-7,9,12,15-17,24,26,28H,4-5,8,10-11H2,1-3H3/t12-,15+,16+,17+,19-,20+,21-,22-/m1/s1. The number of rotatable bonds is 2.